The van der Waals surface area contributed by atoms with Crippen LogP contribution in [-0.2, 0) is 20.8 Å². The number of anilines is 1. The van der Waals surface area contributed by atoms with Crippen molar-refractivity contribution in [2.24, 2.45) is 0 Å². The van der Waals surface area contributed by atoms with Crippen molar-refractivity contribution in [2.75, 3.05) is 19.0 Å². The molecule has 0 unspecified atom stereocenters. The van der Waals surface area contributed by atoms with Crippen molar-refractivity contribution in [1.29, 1.82) is 0 Å². The van der Waals surface area contributed by atoms with Crippen LogP contribution in [0.3, 0.4) is 0 Å². The number of benzene rings is 1. The quantitative estimate of drug-likeness (QED) is 0.650. The van der Waals surface area contributed by atoms with E-state index >= 15 is 0 Å². The lowest BCUT2D eigenvalue weighted by atomic mass is 9.91. The number of methoxy groups -OCH3 is 1. The number of carboxylic acids is 1. The van der Waals surface area contributed by atoms with E-state index in [0.717, 1.165) is 5.56 Å². The molecule has 0 fully saturated rings. The van der Waals surface area contributed by atoms with E-state index in [4.69, 9.17) is 14.6 Å². The Bertz CT molecular complexity index is 750. The van der Waals surface area contributed by atoms with E-state index in [1.165, 1.54) is 7.11 Å². The van der Waals surface area contributed by atoms with Crippen LogP contribution in [0, 0.1) is 20.8 Å². The molecule has 0 radical (unpaired) electrons. The maximum Gasteiger partial charge on any atom is 0.412 e. The third-order valence-electron chi connectivity index (χ3n) is 4.00. The summed E-state index contributed by atoms with van der Waals surface area (Å²) in [7, 11) is 1.28. The first-order valence-electron chi connectivity index (χ1n) is 8.52. The molecule has 0 aliphatic carbocycles. The molecule has 150 valence electrons. The van der Waals surface area contributed by atoms with Crippen molar-refractivity contribution in [3.63, 3.8) is 0 Å². The number of carbonyl (C=O) groups excluding carboxylic acids is 2. The molecule has 1 aromatic rings. The lowest BCUT2D eigenvalue weighted by Crippen LogP contribution is -2.28. The summed E-state index contributed by atoms with van der Waals surface area (Å²) in [6.45, 7) is 10.5. The van der Waals surface area contributed by atoms with Gasteiger partial charge in [0, 0.05) is 6.54 Å². The fraction of sp³-hybridized carbons (Fsp3) is 0.526. The summed E-state index contributed by atoms with van der Waals surface area (Å²) in [6.07, 6.45) is -0.641. The van der Waals surface area contributed by atoms with Gasteiger partial charge in [0.05, 0.1) is 24.9 Å². The summed E-state index contributed by atoms with van der Waals surface area (Å²) in [5.74, 6) is -1.52. The molecule has 0 spiro atoms. The van der Waals surface area contributed by atoms with Crippen LogP contribution >= 0.6 is 0 Å². The van der Waals surface area contributed by atoms with Gasteiger partial charge in [-0.1, -0.05) is 0 Å². The Morgan fingerprint density at radius 3 is 2.11 bits per heavy atom. The Morgan fingerprint density at radius 2 is 1.63 bits per heavy atom. The zero-order valence-electron chi connectivity index (χ0n) is 16.9. The van der Waals surface area contributed by atoms with Gasteiger partial charge >= 0.3 is 18.0 Å². The van der Waals surface area contributed by atoms with Gasteiger partial charge in [0.2, 0.25) is 0 Å². The summed E-state index contributed by atoms with van der Waals surface area (Å²) in [5, 5.41) is 14.3. The predicted octanol–water partition coefficient (Wildman–Crippen LogP) is 2.92. The van der Waals surface area contributed by atoms with Crippen LogP contribution in [0.15, 0.2) is 0 Å². The van der Waals surface area contributed by atoms with Gasteiger partial charge in [0.15, 0.2) is 0 Å². The average Bonchev–Trinajstić information content (AvgIpc) is 2.52. The molecule has 8 heteroatoms. The number of amides is 1. The van der Waals surface area contributed by atoms with Gasteiger partial charge in [-0.15, -0.1) is 0 Å². The van der Waals surface area contributed by atoms with Crippen LogP contribution in [0.5, 0.6) is 0 Å². The topological polar surface area (TPSA) is 114 Å². The number of nitrogens with one attached hydrogen (secondary N) is 2. The molecular weight excluding hydrogens is 352 g/mol. The first kappa shape index (κ1) is 22.4. The second-order valence-corrected chi connectivity index (χ2v) is 7.22. The number of carbonyl (C=O) groups is 3. The highest BCUT2D eigenvalue weighted by Crippen LogP contribution is 2.32. The molecule has 0 atom stereocenters. The maximum absolute atomic E-state index is 12.3. The standard InChI is InChI=1S/C19H28N2O6/c1-10-13(8-20-9-14(22)23)11(2)16(12(3)15(10)17(24)26-7)21-18(25)27-19(4,5)6/h20H,8-9H2,1-7H3,(H,21,25)(H,22,23). The lowest BCUT2D eigenvalue weighted by molar-refractivity contribution is -0.136. The minimum Gasteiger partial charge on any atom is -0.480 e. The third-order valence-corrected chi connectivity index (χ3v) is 4.00. The predicted molar refractivity (Wildman–Crippen MR) is 101 cm³/mol. The van der Waals surface area contributed by atoms with E-state index in [0.29, 0.717) is 27.9 Å². The van der Waals surface area contributed by atoms with Gasteiger partial charge < -0.3 is 19.9 Å². The number of hydrogen-bond acceptors (Lipinski definition) is 6. The molecule has 0 saturated carbocycles. The molecule has 27 heavy (non-hydrogen) atoms. The van der Waals surface area contributed by atoms with Crippen LogP contribution in [0.1, 0.15) is 53.4 Å². The minimum absolute atomic E-state index is 0.219. The van der Waals surface area contributed by atoms with E-state index in [1.54, 1.807) is 41.5 Å². The SMILES string of the molecule is COC(=O)c1c(C)c(CNCC(=O)O)c(C)c(NC(=O)OC(C)(C)C)c1C. The Kier molecular flexibility index (Phi) is 7.36. The van der Waals surface area contributed by atoms with Crippen LogP contribution in [0.4, 0.5) is 10.5 Å². The Hall–Kier alpha value is -2.61. The van der Waals surface area contributed by atoms with Crippen molar-refractivity contribution < 1.29 is 29.0 Å². The summed E-state index contributed by atoms with van der Waals surface area (Å²) in [5.41, 5.74) is 2.78. The molecule has 0 aliphatic heterocycles. The second kappa shape index (κ2) is 8.85. The highest BCUT2D eigenvalue weighted by atomic mass is 16.6. The molecule has 3 N–H and O–H groups in total. The Morgan fingerprint density at radius 1 is 1.04 bits per heavy atom. The van der Waals surface area contributed by atoms with Gasteiger partial charge in [-0.2, -0.15) is 0 Å². The fourth-order valence-electron chi connectivity index (χ4n) is 2.83. The third kappa shape index (κ3) is 5.96. The van der Waals surface area contributed by atoms with Gasteiger partial charge in [0.1, 0.15) is 5.60 Å². The van der Waals surface area contributed by atoms with Crippen LogP contribution < -0.4 is 10.6 Å². The number of esters is 1. The number of rotatable bonds is 6. The van der Waals surface area contributed by atoms with E-state index in [1.807, 2.05) is 0 Å². The lowest BCUT2D eigenvalue weighted by Gasteiger charge is -2.24. The second-order valence-electron chi connectivity index (χ2n) is 7.22. The number of carboxylic acid groups (broad SMARTS) is 1. The van der Waals surface area contributed by atoms with Gasteiger partial charge in [0.25, 0.3) is 0 Å². The fourth-order valence-corrected chi connectivity index (χ4v) is 2.83. The van der Waals surface area contributed by atoms with Gasteiger partial charge in [-0.05, 0) is 63.8 Å². The highest BCUT2D eigenvalue weighted by Gasteiger charge is 2.24. The smallest absolute Gasteiger partial charge is 0.412 e. The monoisotopic (exact) mass is 380 g/mol. The molecule has 0 aromatic heterocycles. The van der Waals surface area contributed by atoms with Crippen molar-refractivity contribution in [2.45, 2.75) is 53.7 Å². The molecule has 1 aromatic carbocycles. The molecule has 0 bridgehead atoms. The Balaban J connectivity index is 3.41. The first-order valence-corrected chi connectivity index (χ1v) is 8.52. The van der Waals surface area contributed by atoms with E-state index in [2.05, 4.69) is 10.6 Å². The van der Waals surface area contributed by atoms with Crippen molar-refractivity contribution >= 4 is 23.7 Å². The summed E-state index contributed by atoms with van der Waals surface area (Å²) in [6, 6.07) is 0. The van der Waals surface area contributed by atoms with Crippen molar-refractivity contribution in [1.82, 2.24) is 5.32 Å². The number of aliphatic carboxylic acids is 1. The zero-order chi connectivity index (χ0) is 20.9. The van der Waals surface area contributed by atoms with Crippen molar-refractivity contribution in [3.05, 3.63) is 27.8 Å². The van der Waals surface area contributed by atoms with E-state index in [9.17, 15) is 14.4 Å². The van der Waals surface area contributed by atoms with Crippen molar-refractivity contribution in [3.8, 4) is 0 Å². The van der Waals surface area contributed by atoms with Crippen LogP contribution in [-0.4, -0.2) is 42.4 Å². The molecule has 0 aliphatic rings. The first-order chi connectivity index (χ1) is 12.4. The summed E-state index contributed by atoms with van der Waals surface area (Å²) in [4.78, 5) is 35.3. The zero-order valence-corrected chi connectivity index (χ0v) is 16.9. The number of ether oxygens (including phenoxy) is 2. The molecule has 1 amide bonds. The minimum atomic E-state index is -0.988. The molecule has 0 heterocycles. The maximum atomic E-state index is 12.3. The van der Waals surface area contributed by atoms with E-state index in [-0.39, 0.29) is 13.1 Å². The Labute approximate surface area is 159 Å². The summed E-state index contributed by atoms with van der Waals surface area (Å²) < 4.78 is 10.2. The van der Waals surface area contributed by atoms with Gasteiger partial charge in [-0.3, -0.25) is 10.1 Å². The normalized spacial score (nSPS) is 11.1. The summed E-state index contributed by atoms with van der Waals surface area (Å²) >= 11 is 0. The van der Waals surface area contributed by atoms with E-state index < -0.39 is 23.6 Å². The number of hydrogen-bond donors (Lipinski definition) is 3. The molecule has 8 nitrogen and oxygen atoms in total. The highest BCUT2D eigenvalue weighted by molar-refractivity contribution is 5.98. The average molecular weight is 380 g/mol. The van der Waals surface area contributed by atoms with Crippen LogP contribution in [0.2, 0.25) is 0 Å². The molecule has 0 saturated heterocycles. The molecular formula is C19H28N2O6. The molecule has 1 rings (SSSR count). The largest absolute Gasteiger partial charge is 0.480 e. The van der Waals surface area contributed by atoms with Gasteiger partial charge in [-0.25, -0.2) is 9.59 Å². The van der Waals surface area contributed by atoms with Crippen LogP contribution in [0.25, 0.3) is 0 Å².